The maximum absolute atomic E-state index is 15.0. The molecule has 7 heteroatoms. The molecule has 7 rings (SSSR count). The average Bonchev–Trinajstić information content (AvgIpc) is 3.31. The Balaban J connectivity index is 1.55. The fraction of sp³-hybridized carbons (Fsp3) is 0.297. The number of methoxy groups -OCH3 is 1. The molecule has 2 amide bonds. The van der Waals surface area contributed by atoms with Crippen LogP contribution in [-0.4, -0.2) is 47.0 Å². The SMILES string of the molecule is CCN1C(=O)C2CC=C3C(CC4C(=O)C(c5ccccc5)=CC(=O)C4(c4ccccc4)C3c3c(O)cccc3OC)C2C1=O. The molecule has 0 bridgehead atoms. The zero-order chi connectivity index (χ0) is 30.7. The van der Waals surface area contributed by atoms with Gasteiger partial charge in [0, 0.05) is 29.5 Å². The lowest BCUT2D eigenvalue weighted by atomic mass is 9.44. The van der Waals surface area contributed by atoms with Crippen LogP contribution in [0.3, 0.4) is 0 Å². The van der Waals surface area contributed by atoms with E-state index in [0.717, 1.165) is 5.57 Å². The Morgan fingerprint density at radius 2 is 1.59 bits per heavy atom. The van der Waals surface area contributed by atoms with E-state index in [-0.39, 0.29) is 42.1 Å². The van der Waals surface area contributed by atoms with Crippen molar-refractivity contribution in [2.24, 2.45) is 23.7 Å². The summed E-state index contributed by atoms with van der Waals surface area (Å²) < 4.78 is 5.80. The van der Waals surface area contributed by atoms with Gasteiger partial charge < -0.3 is 9.84 Å². The standard InChI is InChI=1S/C37H33NO6/c1-3-38-35(42)24-18-17-23-26(31(24)36(38)43)19-27-34(41)25(21-11-6-4-7-12-21)20-30(40)37(27,22-13-8-5-9-14-22)33(23)32-28(39)15-10-16-29(32)44-2/h4-17,20,24,26-27,31,33,39H,3,18-19H2,1-2H3. The molecule has 7 nitrogen and oxygen atoms in total. The van der Waals surface area contributed by atoms with Crippen LogP contribution in [0.4, 0.5) is 0 Å². The quantitative estimate of drug-likeness (QED) is 0.324. The van der Waals surface area contributed by atoms with Crippen molar-refractivity contribution in [3.8, 4) is 11.5 Å². The summed E-state index contributed by atoms with van der Waals surface area (Å²) >= 11 is 0. The van der Waals surface area contributed by atoms with Gasteiger partial charge in [-0.05, 0) is 55.0 Å². The minimum absolute atomic E-state index is 0.0609. The van der Waals surface area contributed by atoms with Gasteiger partial charge in [0.2, 0.25) is 11.8 Å². The smallest absolute Gasteiger partial charge is 0.233 e. The van der Waals surface area contributed by atoms with Crippen molar-refractivity contribution in [3.05, 3.63) is 113 Å². The third-order valence-electron chi connectivity index (χ3n) is 10.3. The van der Waals surface area contributed by atoms with Crippen LogP contribution >= 0.6 is 0 Å². The average molecular weight is 588 g/mol. The molecule has 4 aliphatic rings. The number of phenols is 1. The molecule has 44 heavy (non-hydrogen) atoms. The first-order valence-electron chi connectivity index (χ1n) is 15.2. The molecule has 3 aromatic carbocycles. The van der Waals surface area contributed by atoms with E-state index in [2.05, 4.69) is 0 Å². The minimum Gasteiger partial charge on any atom is -0.508 e. The van der Waals surface area contributed by atoms with Crippen LogP contribution in [0.15, 0.2) is 96.6 Å². The number of ether oxygens (including phenoxy) is 1. The van der Waals surface area contributed by atoms with Crippen molar-refractivity contribution in [1.29, 1.82) is 0 Å². The van der Waals surface area contributed by atoms with E-state index in [1.165, 1.54) is 18.1 Å². The third-order valence-corrected chi connectivity index (χ3v) is 10.3. The molecule has 2 fully saturated rings. The number of fused-ring (bicyclic) bond motifs is 4. The highest BCUT2D eigenvalue weighted by Crippen LogP contribution is 2.65. The summed E-state index contributed by atoms with van der Waals surface area (Å²) in [5, 5.41) is 11.5. The number of Topliss-reactive ketones (excluding diaryl/α,β-unsaturated/α-hetero) is 1. The first-order valence-corrected chi connectivity index (χ1v) is 15.2. The highest BCUT2D eigenvalue weighted by atomic mass is 16.5. The molecule has 1 saturated carbocycles. The Hall–Kier alpha value is -4.78. The summed E-state index contributed by atoms with van der Waals surface area (Å²) in [6.07, 6.45) is 4.02. The van der Waals surface area contributed by atoms with Crippen LogP contribution in [-0.2, 0) is 24.6 Å². The molecule has 3 aliphatic carbocycles. The lowest BCUT2D eigenvalue weighted by Gasteiger charge is -2.55. The van der Waals surface area contributed by atoms with E-state index in [1.54, 1.807) is 25.1 Å². The number of likely N-dealkylation sites (tertiary alicyclic amines) is 1. The lowest BCUT2D eigenvalue weighted by Crippen LogP contribution is -2.58. The lowest BCUT2D eigenvalue weighted by molar-refractivity contribution is -0.140. The van der Waals surface area contributed by atoms with Gasteiger partial charge in [-0.3, -0.25) is 24.1 Å². The molecule has 222 valence electrons. The number of carbonyl (C=O) groups is 4. The maximum atomic E-state index is 15.0. The largest absolute Gasteiger partial charge is 0.508 e. The summed E-state index contributed by atoms with van der Waals surface area (Å²) in [5.41, 5.74) is 1.42. The fourth-order valence-electron chi connectivity index (χ4n) is 8.57. The number of allylic oxidation sites excluding steroid dienone is 4. The van der Waals surface area contributed by atoms with Gasteiger partial charge in [0.1, 0.15) is 11.5 Å². The van der Waals surface area contributed by atoms with Gasteiger partial charge in [0.25, 0.3) is 0 Å². The van der Waals surface area contributed by atoms with Crippen LogP contribution in [0.1, 0.15) is 42.4 Å². The second-order valence-corrected chi connectivity index (χ2v) is 12.1. The van der Waals surface area contributed by atoms with Gasteiger partial charge in [0.15, 0.2) is 11.6 Å². The molecule has 6 atom stereocenters. The Morgan fingerprint density at radius 3 is 2.27 bits per heavy atom. The zero-order valence-electron chi connectivity index (χ0n) is 24.6. The molecule has 1 N–H and O–H groups in total. The minimum atomic E-state index is -1.42. The van der Waals surface area contributed by atoms with Crippen LogP contribution in [0.2, 0.25) is 0 Å². The van der Waals surface area contributed by atoms with Gasteiger partial charge in [-0.1, -0.05) is 78.4 Å². The highest BCUT2D eigenvalue weighted by Gasteiger charge is 2.66. The topological polar surface area (TPSA) is 101 Å². The van der Waals surface area contributed by atoms with E-state index in [1.807, 2.05) is 66.7 Å². The normalized spacial score (nSPS) is 29.4. The molecule has 1 heterocycles. The number of phenolic OH excluding ortho intramolecular Hbond substituents is 1. The van der Waals surface area contributed by atoms with E-state index in [4.69, 9.17) is 4.74 Å². The number of benzene rings is 3. The number of hydrogen-bond acceptors (Lipinski definition) is 6. The number of imide groups is 1. The molecule has 0 spiro atoms. The summed E-state index contributed by atoms with van der Waals surface area (Å²) in [4.78, 5) is 58.4. The van der Waals surface area contributed by atoms with Crippen molar-refractivity contribution in [1.82, 2.24) is 4.90 Å². The van der Waals surface area contributed by atoms with E-state index in [9.17, 15) is 24.3 Å². The summed E-state index contributed by atoms with van der Waals surface area (Å²) in [6.45, 7) is 2.07. The third kappa shape index (κ3) is 3.74. The van der Waals surface area contributed by atoms with E-state index < -0.39 is 35.0 Å². The molecule has 0 radical (unpaired) electrons. The summed E-state index contributed by atoms with van der Waals surface area (Å²) in [6, 6.07) is 23.4. The molecular weight excluding hydrogens is 554 g/mol. The zero-order valence-corrected chi connectivity index (χ0v) is 24.6. The van der Waals surface area contributed by atoms with Crippen LogP contribution in [0.25, 0.3) is 5.57 Å². The summed E-state index contributed by atoms with van der Waals surface area (Å²) in [5.74, 6) is -3.88. The number of nitrogens with zero attached hydrogens (tertiary/aromatic N) is 1. The predicted octanol–water partition coefficient (Wildman–Crippen LogP) is 5.25. The second kappa shape index (κ2) is 10.4. The number of carbonyl (C=O) groups excluding carboxylic acids is 4. The Bertz CT molecular complexity index is 1760. The maximum Gasteiger partial charge on any atom is 0.233 e. The van der Waals surface area contributed by atoms with Crippen LogP contribution in [0.5, 0.6) is 11.5 Å². The van der Waals surface area contributed by atoms with Crippen LogP contribution < -0.4 is 4.74 Å². The number of aromatic hydroxyl groups is 1. The van der Waals surface area contributed by atoms with E-state index >= 15 is 0 Å². The van der Waals surface area contributed by atoms with Gasteiger partial charge in [0.05, 0.1) is 24.4 Å². The first kappa shape index (κ1) is 28.0. The predicted molar refractivity (Wildman–Crippen MR) is 164 cm³/mol. The first-order chi connectivity index (χ1) is 21.3. The number of rotatable bonds is 5. The van der Waals surface area contributed by atoms with E-state index in [0.29, 0.717) is 34.4 Å². The second-order valence-electron chi connectivity index (χ2n) is 12.1. The van der Waals surface area contributed by atoms with Gasteiger partial charge >= 0.3 is 0 Å². The fourth-order valence-corrected chi connectivity index (χ4v) is 8.57. The summed E-state index contributed by atoms with van der Waals surface area (Å²) in [7, 11) is 1.51. The van der Waals surface area contributed by atoms with Crippen LogP contribution in [0, 0.1) is 23.7 Å². The molecule has 6 unspecified atom stereocenters. The number of hydrogen-bond donors (Lipinski definition) is 1. The van der Waals surface area contributed by atoms with Crippen molar-refractivity contribution in [2.45, 2.75) is 31.1 Å². The number of ketones is 2. The Morgan fingerprint density at radius 1 is 0.886 bits per heavy atom. The monoisotopic (exact) mass is 587 g/mol. The van der Waals surface area contributed by atoms with Crippen molar-refractivity contribution in [3.63, 3.8) is 0 Å². The molecule has 1 aliphatic heterocycles. The van der Waals surface area contributed by atoms with Crippen molar-refractivity contribution in [2.75, 3.05) is 13.7 Å². The van der Waals surface area contributed by atoms with Crippen molar-refractivity contribution < 1.29 is 29.0 Å². The Kier molecular flexibility index (Phi) is 6.65. The highest BCUT2D eigenvalue weighted by molar-refractivity contribution is 6.31. The van der Waals surface area contributed by atoms with Gasteiger partial charge in [-0.15, -0.1) is 0 Å². The van der Waals surface area contributed by atoms with Crippen molar-refractivity contribution >= 4 is 29.0 Å². The van der Waals surface area contributed by atoms with Gasteiger partial charge in [-0.25, -0.2) is 0 Å². The Labute approximate surface area is 255 Å². The molecule has 0 aromatic heterocycles. The molecular formula is C37H33NO6. The molecule has 1 saturated heterocycles. The number of amides is 2. The molecule has 3 aromatic rings. The van der Waals surface area contributed by atoms with Gasteiger partial charge in [-0.2, -0.15) is 0 Å².